The lowest BCUT2D eigenvalue weighted by atomic mass is 9.86. The van der Waals surface area contributed by atoms with Gasteiger partial charge in [0.1, 0.15) is 66.6 Å². The topological polar surface area (TPSA) is 241 Å². The summed E-state index contributed by atoms with van der Waals surface area (Å²) in [7, 11) is 0. The first-order valence-electron chi connectivity index (χ1n) is 11.2. The van der Waals surface area contributed by atoms with Gasteiger partial charge in [0.2, 0.25) is 6.29 Å². The molecule has 4 fully saturated rings. The van der Waals surface area contributed by atoms with Gasteiger partial charge in [-0.25, -0.2) is 0 Å². The third-order valence-corrected chi connectivity index (χ3v) is 7.31. The molecule has 1 aliphatic carbocycles. The first-order valence-corrected chi connectivity index (χ1v) is 11.2. The van der Waals surface area contributed by atoms with Crippen LogP contribution in [0.2, 0.25) is 0 Å². The largest absolute Gasteiger partial charge is 0.472 e. The molecule has 5 aliphatic rings. The number of fused-ring (bicyclic) bond motifs is 3. The van der Waals surface area contributed by atoms with Crippen LogP contribution in [0.15, 0.2) is 12.3 Å². The molecule has 200 valence electrons. The summed E-state index contributed by atoms with van der Waals surface area (Å²) in [6, 6.07) is 0. The van der Waals surface area contributed by atoms with Crippen molar-refractivity contribution in [3.8, 4) is 0 Å². The maximum Gasteiger partial charge on any atom is 0.210 e. The van der Waals surface area contributed by atoms with E-state index in [1.54, 1.807) is 0 Å². The molecule has 3 saturated heterocycles. The van der Waals surface area contributed by atoms with Crippen LogP contribution in [0.4, 0.5) is 0 Å². The molecule has 0 bridgehead atoms. The molecule has 5 rings (SSSR count). The minimum atomic E-state index is -1.81. The van der Waals surface area contributed by atoms with Crippen molar-refractivity contribution >= 4 is 0 Å². The van der Waals surface area contributed by atoms with Gasteiger partial charge in [-0.3, -0.25) is 0 Å². The van der Waals surface area contributed by atoms with Crippen molar-refractivity contribution in [2.45, 2.75) is 91.6 Å². The molecule has 0 aromatic carbocycles. The van der Waals surface area contributed by atoms with E-state index < -0.39 is 111 Å². The van der Waals surface area contributed by atoms with Crippen LogP contribution in [-0.2, 0) is 28.4 Å². The van der Waals surface area contributed by atoms with Crippen LogP contribution in [-0.4, -0.2) is 151 Å². The van der Waals surface area contributed by atoms with Crippen LogP contribution < -0.4 is 0 Å². The summed E-state index contributed by atoms with van der Waals surface area (Å²) in [4.78, 5) is 0. The van der Waals surface area contributed by atoms with Crippen molar-refractivity contribution in [2.75, 3.05) is 13.2 Å². The maximum absolute atomic E-state index is 10.9. The molecule has 0 radical (unpaired) electrons. The van der Waals surface area contributed by atoms with Crippen LogP contribution >= 0.6 is 0 Å². The highest BCUT2D eigenvalue weighted by molar-refractivity contribution is 5.25. The number of ether oxygens (including phenoxy) is 6. The number of hydrogen-bond acceptors (Lipinski definition) is 15. The van der Waals surface area contributed by atoms with E-state index in [9.17, 15) is 46.0 Å². The van der Waals surface area contributed by atoms with E-state index in [1.165, 1.54) is 6.08 Å². The molecule has 0 aromatic rings. The number of epoxide rings is 1. The van der Waals surface area contributed by atoms with Gasteiger partial charge in [-0.05, 0) is 6.08 Å². The lowest BCUT2D eigenvalue weighted by Crippen LogP contribution is -2.65. The SMILES string of the molecule is OCC1OC(OC2C(O)C(CO)OC(OC3OC=CC4(O)C(O)C5OC5C34)C2O)C(O)C(O)C1O. The summed E-state index contributed by atoms with van der Waals surface area (Å²) in [6.07, 6.45) is -17.5. The molecule has 9 N–H and O–H groups in total. The quantitative estimate of drug-likeness (QED) is 0.151. The maximum atomic E-state index is 10.9. The van der Waals surface area contributed by atoms with Crippen LogP contribution in [0.3, 0.4) is 0 Å². The molecule has 15 heteroatoms. The summed E-state index contributed by atoms with van der Waals surface area (Å²) < 4.78 is 32.8. The van der Waals surface area contributed by atoms with Crippen molar-refractivity contribution < 1.29 is 74.4 Å². The Kier molecular flexibility index (Phi) is 6.86. The molecular formula is C20H30O15. The molecular weight excluding hydrogens is 480 g/mol. The summed E-state index contributed by atoms with van der Waals surface area (Å²) in [6.45, 7) is -1.45. The first-order chi connectivity index (χ1) is 16.6. The summed E-state index contributed by atoms with van der Waals surface area (Å²) in [5, 5.41) is 91.9. The van der Waals surface area contributed by atoms with Crippen molar-refractivity contribution in [1.29, 1.82) is 0 Å². The Hall–Kier alpha value is -1.02. The van der Waals surface area contributed by atoms with Crippen molar-refractivity contribution in [1.82, 2.24) is 0 Å². The van der Waals surface area contributed by atoms with E-state index in [1.807, 2.05) is 0 Å². The van der Waals surface area contributed by atoms with Gasteiger partial charge in [-0.15, -0.1) is 0 Å². The van der Waals surface area contributed by atoms with Crippen LogP contribution in [0, 0.1) is 5.92 Å². The summed E-state index contributed by atoms with van der Waals surface area (Å²) >= 11 is 0. The smallest absolute Gasteiger partial charge is 0.210 e. The number of rotatable bonds is 6. The molecule has 16 atom stereocenters. The second-order valence-electron chi connectivity index (χ2n) is 9.37. The normalized spacial score (nSPS) is 57.3. The second kappa shape index (κ2) is 9.38. The van der Waals surface area contributed by atoms with E-state index in [2.05, 4.69) is 0 Å². The Morgan fingerprint density at radius 1 is 0.686 bits per heavy atom. The lowest BCUT2D eigenvalue weighted by molar-refractivity contribution is -0.378. The fourth-order valence-electron chi connectivity index (χ4n) is 5.21. The van der Waals surface area contributed by atoms with Gasteiger partial charge in [0.05, 0.1) is 31.5 Å². The van der Waals surface area contributed by atoms with E-state index in [0.717, 1.165) is 6.26 Å². The second-order valence-corrected chi connectivity index (χ2v) is 9.37. The Labute approximate surface area is 198 Å². The molecule has 16 unspecified atom stereocenters. The predicted octanol–water partition coefficient (Wildman–Crippen LogP) is -6.01. The van der Waals surface area contributed by atoms with Crippen LogP contribution in [0.5, 0.6) is 0 Å². The van der Waals surface area contributed by atoms with Gasteiger partial charge < -0.3 is 74.4 Å². The van der Waals surface area contributed by atoms with Gasteiger partial charge in [-0.2, -0.15) is 0 Å². The molecule has 0 spiro atoms. The Bertz CT molecular complexity index is 796. The lowest BCUT2D eigenvalue weighted by Gasteiger charge is -2.47. The Morgan fingerprint density at radius 3 is 1.97 bits per heavy atom. The van der Waals surface area contributed by atoms with Gasteiger partial charge >= 0.3 is 0 Å². The third-order valence-electron chi connectivity index (χ3n) is 7.31. The molecule has 1 saturated carbocycles. The van der Waals surface area contributed by atoms with Gasteiger partial charge in [0.25, 0.3) is 0 Å². The Morgan fingerprint density at radius 2 is 1.31 bits per heavy atom. The minimum Gasteiger partial charge on any atom is -0.472 e. The van der Waals surface area contributed by atoms with Crippen molar-refractivity contribution in [3.05, 3.63) is 12.3 Å². The zero-order valence-corrected chi connectivity index (χ0v) is 18.2. The molecule has 35 heavy (non-hydrogen) atoms. The van der Waals surface area contributed by atoms with Gasteiger partial charge in [0.15, 0.2) is 12.6 Å². The zero-order chi connectivity index (χ0) is 25.2. The third kappa shape index (κ3) is 4.09. The average molecular weight is 510 g/mol. The van der Waals surface area contributed by atoms with Crippen LogP contribution in [0.1, 0.15) is 0 Å². The molecule has 0 aromatic heterocycles. The Balaban J connectivity index is 1.32. The standard InChI is InChI=1S/C20H30O15/c21-3-5-8(23)10(25)11(26)18(31-5)34-14-9(24)6(4-22)32-19(12(14)27)35-17-7-13-15(33-13)16(28)20(7,29)1-2-30-17/h1-2,5-19,21-29H,3-4H2. The fraction of sp³-hybridized carbons (Fsp3) is 0.900. The average Bonchev–Trinajstić information content (AvgIpc) is 3.58. The van der Waals surface area contributed by atoms with E-state index in [4.69, 9.17) is 28.4 Å². The summed E-state index contributed by atoms with van der Waals surface area (Å²) in [5.74, 6) is -0.882. The highest BCUT2D eigenvalue weighted by Gasteiger charge is 2.72. The van der Waals surface area contributed by atoms with E-state index in [-0.39, 0.29) is 0 Å². The van der Waals surface area contributed by atoms with Gasteiger partial charge in [-0.1, -0.05) is 0 Å². The van der Waals surface area contributed by atoms with Crippen LogP contribution in [0.25, 0.3) is 0 Å². The number of aliphatic hydroxyl groups excluding tert-OH is 8. The minimum absolute atomic E-state index is 0.578. The fourth-order valence-corrected chi connectivity index (χ4v) is 5.21. The van der Waals surface area contributed by atoms with Gasteiger partial charge in [0, 0.05) is 0 Å². The zero-order valence-electron chi connectivity index (χ0n) is 18.2. The van der Waals surface area contributed by atoms with Crippen molar-refractivity contribution in [2.24, 2.45) is 5.92 Å². The molecule has 0 amide bonds. The predicted molar refractivity (Wildman–Crippen MR) is 105 cm³/mol. The molecule has 4 heterocycles. The monoisotopic (exact) mass is 510 g/mol. The van der Waals surface area contributed by atoms with Crippen molar-refractivity contribution in [3.63, 3.8) is 0 Å². The number of aliphatic hydroxyl groups is 9. The molecule has 4 aliphatic heterocycles. The number of hydrogen-bond donors (Lipinski definition) is 9. The summed E-state index contributed by atoms with van der Waals surface area (Å²) in [5.41, 5.74) is -1.71. The van der Waals surface area contributed by atoms with E-state index in [0.29, 0.717) is 0 Å². The first kappa shape index (κ1) is 25.6. The highest BCUT2D eigenvalue weighted by atomic mass is 16.8. The van der Waals surface area contributed by atoms with E-state index >= 15 is 0 Å². The molecule has 15 nitrogen and oxygen atoms in total. The highest BCUT2D eigenvalue weighted by Crippen LogP contribution is 2.53.